The Kier molecular flexibility index (Phi) is 7.37. The lowest BCUT2D eigenvalue weighted by Crippen LogP contribution is -2.41. The molecule has 0 radical (unpaired) electrons. The van der Waals surface area contributed by atoms with Gasteiger partial charge in [-0.3, -0.25) is 9.69 Å². The van der Waals surface area contributed by atoms with Gasteiger partial charge in [0, 0.05) is 5.41 Å². The maximum atomic E-state index is 12.6. The highest BCUT2D eigenvalue weighted by atomic mass is 16.5. The second kappa shape index (κ2) is 8.88. The number of nitrogens with zero attached hydrogens (tertiary/aromatic N) is 1. The normalized spacial score (nSPS) is 30.2. The molecule has 0 saturated heterocycles. The summed E-state index contributed by atoms with van der Waals surface area (Å²) in [4.78, 5) is 15.0. The molecule has 3 heteroatoms. The number of ether oxygens (including phenoxy) is 1. The Balaban J connectivity index is 1.85. The Morgan fingerprint density at radius 1 is 1.04 bits per heavy atom. The fourth-order valence-corrected chi connectivity index (χ4v) is 5.13. The third-order valence-electron chi connectivity index (χ3n) is 7.50. The Morgan fingerprint density at radius 3 is 2.08 bits per heavy atom. The Labute approximate surface area is 155 Å². The number of hydrogen-bond acceptors (Lipinski definition) is 3. The van der Waals surface area contributed by atoms with E-state index in [0.717, 1.165) is 25.4 Å². The molecule has 0 aromatic rings. The molecule has 2 rings (SSSR count). The third-order valence-corrected chi connectivity index (χ3v) is 7.50. The van der Waals surface area contributed by atoms with Crippen molar-refractivity contribution in [3.63, 3.8) is 0 Å². The van der Waals surface area contributed by atoms with E-state index in [1.54, 1.807) is 0 Å². The molecular formula is C22H41NO2. The molecule has 2 aliphatic rings. The summed E-state index contributed by atoms with van der Waals surface area (Å²) >= 11 is 0. The zero-order chi connectivity index (χ0) is 18.5. The largest absolute Gasteiger partial charge is 0.461 e. The molecule has 0 heterocycles. The number of fused-ring (bicyclic) bond motifs is 2. The van der Waals surface area contributed by atoms with Gasteiger partial charge in [0.1, 0.15) is 6.10 Å². The summed E-state index contributed by atoms with van der Waals surface area (Å²) in [6.45, 7) is 14.1. The summed E-state index contributed by atoms with van der Waals surface area (Å²) in [6, 6.07) is 0. The van der Waals surface area contributed by atoms with Crippen LogP contribution in [0.15, 0.2) is 0 Å². The van der Waals surface area contributed by atoms with Gasteiger partial charge in [0.2, 0.25) is 0 Å². The first kappa shape index (κ1) is 20.7. The monoisotopic (exact) mass is 351 g/mol. The van der Waals surface area contributed by atoms with Crippen LogP contribution in [0.25, 0.3) is 0 Å². The minimum absolute atomic E-state index is 0.00238. The topological polar surface area (TPSA) is 29.5 Å². The molecule has 0 amide bonds. The van der Waals surface area contributed by atoms with Gasteiger partial charge in [0.05, 0.1) is 6.54 Å². The van der Waals surface area contributed by atoms with E-state index in [1.807, 2.05) is 0 Å². The second-order valence-corrected chi connectivity index (χ2v) is 9.28. The van der Waals surface area contributed by atoms with E-state index >= 15 is 0 Å². The summed E-state index contributed by atoms with van der Waals surface area (Å²) in [6.07, 6.45) is 11.0. The minimum Gasteiger partial charge on any atom is -0.461 e. The van der Waals surface area contributed by atoms with E-state index in [9.17, 15) is 4.79 Å². The number of esters is 1. The van der Waals surface area contributed by atoms with Gasteiger partial charge in [0.25, 0.3) is 0 Å². The SMILES string of the molecule is CCCCCN(CCCCC)CC(=O)O[C@@H]1C[C@@H]2CC[C@]1(C)C2(C)C. The van der Waals surface area contributed by atoms with Crippen molar-refractivity contribution < 1.29 is 9.53 Å². The zero-order valence-electron chi connectivity index (χ0n) is 17.4. The lowest BCUT2D eigenvalue weighted by atomic mass is 9.70. The Bertz CT molecular complexity index is 424. The first-order valence-electron chi connectivity index (χ1n) is 10.8. The van der Waals surface area contributed by atoms with Crippen molar-refractivity contribution in [1.29, 1.82) is 0 Å². The van der Waals surface area contributed by atoms with Crippen molar-refractivity contribution in [3.05, 3.63) is 0 Å². The van der Waals surface area contributed by atoms with E-state index in [2.05, 4.69) is 39.5 Å². The van der Waals surface area contributed by atoms with Crippen molar-refractivity contribution in [2.75, 3.05) is 19.6 Å². The average Bonchev–Trinajstić information content (AvgIpc) is 2.88. The molecule has 0 unspecified atom stereocenters. The summed E-state index contributed by atoms with van der Waals surface area (Å²) in [7, 11) is 0. The quantitative estimate of drug-likeness (QED) is 0.367. The minimum atomic E-state index is 0.00238. The van der Waals surface area contributed by atoms with Crippen LogP contribution < -0.4 is 0 Å². The van der Waals surface area contributed by atoms with Crippen LogP contribution in [0.2, 0.25) is 0 Å². The van der Waals surface area contributed by atoms with E-state index in [-0.39, 0.29) is 17.5 Å². The van der Waals surface area contributed by atoms with Gasteiger partial charge >= 0.3 is 5.97 Å². The Hall–Kier alpha value is -0.570. The van der Waals surface area contributed by atoms with E-state index in [1.165, 1.54) is 51.4 Å². The van der Waals surface area contributed by atoms with Gasteiger partial charge in [-0.05, 0) is 56.5 Å². The lowest BCUT2D eigenvalue weighted by Gasteiger charge is -2.38. The predicted octanol–water partition coefficient (Wildman–Crippen LogP) is 5.43. The van der Waals surface area contributed by atoms with Crippen LogP contribution in [0.1, 0.15) is 92.4 Å². The van der Waals surface area contributed by atoms with Crippen LogP contribution in [0.4, 0.5) is 0 Å². The summed E-state index contributed by atoms with van der Waals surface area (Å²) < 4.78 is 6.05. The van der Waals surface area contributed by atoms with Crippen molar-refractivity contribution >= 4 is 5.97 Å². The lowest BCUT2D eigenvalue weighted by molar-refractivity contribution is -0.158. The smallest absolute Gasteiger partial charge is 0.320 e. The summed E-state index contributed by atoms with van der Waals surface area (Å²) in [5, 5.41) is 0. The van der Waals surface area contributed by atoms with Crippen LogP contribution in [0, 0.1) is 16.7 Å². The van der Waals surface area contributed by atoms with Crippen molar-refractivity contribution in [1.82, 2.24) is 4.90 Å². The highest BCUT2D eigenvalue weighted by Crippen LogP contribution is 2.66. The maximum Gasteiger partial charge on any atom is 0.320 e. The maximum absolute atomic E-state index is 12.6. The molecule has 146 valence electrons. The third kappa shape index (κ3) is 4.59. The molecular weight excluding hydrogens is 310 g/mol. The number of carbonyl (C=O) groups excluding carboxylic acids is 1. The molecule has 2 saturated carbocycles. The zero-order valence-corrected chi connectivity index (χ0v) is 17.4. The summed E-state index contributed by atoms with van der Waals surface area (Å²) in [5.41, 5.74) is 0.475. The fraction of sp³-hybridized carbons (Fsp3) is 0.955. The van der Waals surface area contributed by atoms with E-state index in [4.69, 9.17) is 4.74 Å². The number of unbranched alkanes of at least 4 members (excludes halogenated alkanes) is 4. The number of carbonyl (C=O) groups is 1. The van der Waals surface area contributed by atoms with Crippen molar-refractivity contribution in [3.8, 4) is 0 Å². The molecule has 0 spiro atoms. The van der Waals surface area contributed by atoms with Gasteiger partial charge in [0.15, 0.2) is 0 Å². The predicted molar refractivity (Wildman–Crippen MR) is 105 cm³/mol. The molecule has 2 bridgehead atoms. The first-order chi connectivity index (χ1) is 11.8. The standard InChI is InChI=1S/C22H41NO2/c1-6-8-10-14-23(15-11-9-7-2)17-20(24)25-19-16-18-12-13-22(19,5)21(18,3)4/h18-19H,6-17H2,1-5H3/t18-,19+,22-/m0/s1. The van der Waals surface area contributed by atoms with E-state index in [0.29, 0.717) is 12.0 Å². The fourth-order valence-electron chi connectivity index (χ4n) is 5.13. The van der Waals surface area contributed by atoms with Gasteiger partial charge in [-0.15, -0.1) is 0 Å². The molecule has 0 aromatic heterocycles. The molecule has 3 atom stereocenters. The molecule has 0 N–H and O–H groups in total. The Morgan fingerprint density at radius 2 is 1.64 bits per heavy atom. The summed E-state index contributed by atoms with van der Waals surface area (Å²) in [5.74, 6) is 0.725. The van der Waals surface area contributed by atoms with Gasteiger partial charge in [-0.2, -0.15) is 0 Å². The van der Waals surface area contributed by atoms with Crippen LogP contribution >= 0.6 is 0 Å². The van der Waals surface area contributed by atoms with Crippen LogP contribution in [0.5, 0.6) is 0 Å². The van der Waals surface area contributed by atoms with Crippen LogP contribution in [0.3, 0.4) is 0 Å². The van der Waals surface area contributed by atoms with Crippen LogP contribution in [-0.2, 0) is 9.53 Å². The molecule has 0 aromatic carbocycles. The number of hydrogen-bond donors (Lipinski definition) is 0. The molecule has 0 aliphatic heterocycles. The molecule has 25 heavy (non-hydrogen) atoms. The van der Waals surface area contributed by atoms with E-state index < -0.39 is 0 Å². The number of rotatable bonds is 11. The molecule has 3 nitrogen and oxygen atoms in total. The van der Waals surface area contributed by atoms with Crippen molar-refractivity contribution in [2.45, 2.75) is 98.5 Å². The second-order valence-electron chi connectivity index (χ2n) is 9.28. The van der Waals surface area contributed by atoms with Crippen LogP contribution in [-0.4, -0.2) is 36.6 Å². The molecule has 2 fully saturated rings. The van der Waals surface area contributed by atoms with Gasteiger partial charge < -0.3 is 4.74 Å². The first-order valence-corrected chi connectivity index (χ1v) is 10.8. The molecule has 2 aliphatic carbocycles. The van der Waals surface area contributed by atoms with Gasteiger partial charge in [-0.25, -0.2) is 0 Å². The highest BCUT2D eigenvalue weighted by Gasteiger charge is 2.62. The average molecular weight is 352 g/mol. The van der Waals surface area contributed by atoms with Gasteiger partial charge in [-0.1, -0.05) is 60.3 Å². The highest BCUT2D eigenvalue weighted by molar-refractivity contribution is 5.72. The van der Waals surface area contributed by atoms with Crippen molar-refractivity contribution in [2.24, 2.45) is 16.7 Å².